The minimum Gasteiger partial charge on any atom is -0.468 e. The van der Waals surface area contributed by atoms with Gasteiger partial charge in [0.2, 0.25) is 0 Å². The average molecular weight is 469 g/mol. The van der Waals surface area contributed by atoms with Crippen molar-refractivity contribution in [1.82, 2.24) is 19.8 Å². The number of benzene rings is 1. The Bertz CT molecular complexity index is 1190. The molecule has 0 aliphatic carbocycles. The number of nitrogens with zero attached hydrogens (tertiary/aromatic N) is 4. The molecular weight excluding hydrogens is 436 g/mol. The lowest BCUT2D eigenvalue weighted by molar-refractivity contribution is 0.00651. The van der Waals surface area contributed by atoms with Crippen LogP contribution in [0.15, 0.2) is 82.0 Å². The number of hydrogen-bond donors (Lipinski definition) is 0. The summed E-state index contributed by atoms with van der Waals surface area (Å²) >= 11 is 0. The van der Waals surface area contributed by atoms with Crippen LogP contribution in [0.3, 0.4) is 0 Å². The van der Waals surface area contributed by atoms with Crippen LogP contribution in [-0.2, 0) is 13.1 Å². The van der Waals surface area contributed by atoms with Gasteiger partial charge in [0, 0.05) is 36.3 Å². The second-order valence-electron chi connectivity index (χ2n) is 9.96. The third kappa shape index (κ3) is 4.95. The molecule has 3 aromatic heterocycles. The predicted molar refractivity (Wildman–Crippen MR) is 135 cm³/mol. The Morgan fingerprint density at radius 2 is 1.69 bits per heavy atom. The molecule has 1 aromatic carbocycles. The molecule has 7 rings (SSSR count). The van der Waals surface area contributed by atoms with Gasteiger partial charge in [0.1, 0.15) is 17.3 Å². The molecule has 0 saturated carbocycles. The van der Waals surface area contributed by atoms with E-state index in [-0.39, 0.29) is 0 Å². The van der Waals surface area contributed by atoms with Crippen molar-refractivity contribution in [2.75, 3.05) is 19.6 Å². The maximum absolute atomic E-state index is 5.67. The first-order chi connectivity index (χ1) is 17.2. The first-order valence-electron chi connectivity index (χ1n) is 12.6. The lowest BCUT2D eigenvalue weighted by Gasteiger charge is -2.50. The average Bonchev–Trinajstić information content (AvgIpc) is 3.59. The molecule has 4 atom stereocenters. The fraction of sp³-hybridized carbons (Fsp3) is 0.379. The maximum Gasteiger partial charge on any atom is 0.126 e. The highest BCUT2D eigenvalue weighted by Gasteiger charge is 2.42. The first kappa shape index (κ1) is 22.3. The van der Waals surface area contributed by atoms with Gasteiger partial charge in [0.15, 0.2) is 0 Å². The number of aryl methyl sites for hydroxylation is 1. The lowest BCUT2D eigenvalue weighted by atomic mass is 9.74. The summed E-state index contributed by atoms with van der Waals surface area (Å²) in [7, 11) is 0. The topological polar surface area (TPSA) is 58.5 Å². The Hall–Kier alpha value is -3.22. The number of fused-ring (bicyclic) bond motifs is 3. The monoisotopic (exact) mass is 468 g/mol. The summed E-state index contributed by atoms with van der Waals surface area (Å²) in [4.78, 5) is 14.8. The molecule has 3 aliphatic heterocycles. The minimum atomic E-state index is 0.466. The van der Waals surface area contributed by atoms with Crippen molar-refractivity contribution in [3.63, 3.8) is 0 Å². The summed E-state index contributed by atoms with van der Waals surface area (Å²) in [6, 6.07) is 21.2. The van der Waals surface area contributed by atoms with E-state index in [2.05, 4.69) is 52.3 Å². The van der Waals surface area contributed by atoms with Crippen molar-refractivity contribution in [3.8, 4) is 11.3 Å². The summed E-state index contributed by atoms with van der Waals surface area (Å²) in [5, 5.41) is 0. The van der Waals surface area contributed by atoms with Gasteiger partial charge in [-0.25, -0.2) is 9.97 Å². The molecule has 1 unspecified atom stereocenters. The van der Waals surface area contributed by atoms with E-state index in [1.54, 1.807) is 12.5 Å². The number of piperidine rings is 3. The molecule has 0 radical (unpaired) electrons. The van der Waals surface area contributed by atoms with Crippen molar-refractivity contribution in [2.24, 2.45) is 5.92 Å². The molecule has 3 fully saturated rings. The first-order valence-corrected chi connectivity index (χ1v) is 12.6. The molecule has 6 heterocycles. The van der Waals surface area contributed by atoms with Crippen LogP contribution in [0.4, 0.5) is 0 Å². The van der Waals surface area contributed by atoms with Crippen molar-refractivity contribution in [1.29, 1.82) is 0 Å². The van der Waals surface area contributed by atoms with Gasteiger partial charge in [-0.15, -0.1) is 0 Å². The zero-order valence-electron chi connectivity index (χ0n) is 20.2. The summed E-state index contributed by atoms with van der Waals surface area (Å²) in [6.07, 6.45) is 5.94. The molecule has 3 aliphatic rings. The molecular formula is C29H32N4O2. The highest BCUT2D eigenvalue weighted by molar-refractivity contribution is 5.59. The molecule has 4 aromatic rings. The van der Waals surface area contributed by atoms with Gasteiger partial charge in [-0.05, 0) is 62.6 Å². The van der Waals surface area contributed by atoms with Crippen LogP contribution in [0.2, 0.25) is 0 Å². The Morgan fingerprint density at radius 3 is 2.31 bits per heavy atom. The highest BCUT2D eigenvalue weighted by atomic mass is 16.3. The molecule has 6 heteroatoms. The number of furan rings is 2. The molecule has 180 valence electrons. The Labute approximate surface area is 206 Å². The van der Waals surface area contributed by atoms with Crippen LogP contribution in [0.25, 0.3) is 11.3 Å². The van der Waals surface area contributed by atoms with Gasteiger partial charge in [-0.1, -0.05) is 30.3 Å². The van der Waals surface area contributed by atoms with E-state index in [1.807, 2.05) is 25.1 Å². The summed E-state index contributed by atoms with van der Waals surface area (Å²) in [5.41, 5.74) is 3.39. The molecule has 2 bridgehead atoms. The van der Waals surface area contributed by atoms with E-state index in [4.69, 9.17) is 18.8 Å². The summed E-state index contributed by atoms with van der Waals surface area (Å²) < 4.78 is 11.3. The fourth-order valence-electron chi connectivity index (χ4n) is 5.93. The minimum absolute atomic E-state index is 0.466. The summed E-state index contributed by atoms with van der Waals surface area (Å²) in [6.45, 7) is 6.82. The highest BCUT2D eigenvalue weighted by Crippen LogP contribution is 2.42. The molecule has 0 amide bonds. The van der Waals surface area contributed by atoms with Gasteiger partial charge < -0.3 is 8.83 Å². The van der Waals surface area contributed by atoms with E-state index in [9.17, 15) is 0 Å². The normalized spacial score (nSPS) is 23.7. The van der Waals surface area contributed by atoms with Gasteiger partial charge in [-0.3, -0.25) is 9.80 Å². The quantitative estimate of drug-likeness (QED) is 0.339. The van der Waals surface area contributed by atoms with Gasteiger partial charge in [0.05, 0.1) is 31.3 Å². The SMILES string of the molecule is Cc1nc(-c2ccccc2)cc([C@@H]2CN3CC[C@H]2C[C@@H]3CN(Cc2ccco2)Cc2ccco2)n1. The van der Waals surface area contributed by atoms with Crippen molar-refractivity contribution < 1.29 is 8.83 Å². The van der Waals surface area contributed by atoms with Crippen LogP contribution < -0.4 is 0 Å². The molecule has 35 heavy (non-hydrogen) atoms. The number of hydrogen-bond acceptors (Lipinski definition) is 6. The van der Waals surface area contributed by atoms with Crippen LogP contribution >= 0.6 is 0 Å². The molecule has 6 nitrogen and oxygen atoms in total. The van der Waals surface area contributed by atoms with Crippen molar-refractivity contribution >= 4 is 0 Å². The third-order valence-electron chi connectivity index (χ3n) is 7.57. The maximum atomic E-state index is 5.67. The Balaban J connectivity index is 1.19. The zero-order chi connectivity index (χ0) is 23.6. The fourth-order valence-corrected chi connectivity index (χ4v) is 5.93. The largest absolute Gasteiger partial charge is 0.468 e. The van der Waals surface area contributed by atoms with Crippen LogP contribution in [-0.4, -0.2) is 45.4 Å². The lowest BCUT2D eigenvalue weighted by Crippen LogP contribution is -2.56. The Kier molecular flexibility index (Phi) is 6.23. The van der Waals surface area contributed by atoms with E-state index in [0.717, 1.165) is 61.3 Å². The second-order valence-corrected chi connectivity index (χ2v) is 9.96. The molecule has 0 N–H and O–H groups in total. The van der Waals surface area contributed by atoms with Crippen molar-refractivity contribution in [3.05, 3.63) is 96.2 Å². The third-order valence-corrected chi connectivity index (χ3v) is 7.57. The van der Waals surface area contributed by atoms with Gasteiger partial charge in [0.25, 0.3) is 0 Å². The van der Waals surface area contributed by atoms with E-state index in [0.29, 0.717) is 17.9 Å². The smallest absolute Gasteiger partial charge is 0.126 e. The predicted octanol–water partition coefficient (Wildman–Crippen LogP) is 5.52. The molecule has 0 spiro atoms. The Morgan fingerprint density at radius 1 is 0.943 bits per heavy atom. The van der Waals surface area contributed by atoms with Crippen LogP contribution in [0.5, 0.6) is 0 Å². The van der Waals surface area contributed by atoms with Gasteiger partial charge in [-0.2, -0.15) is 0 Å². The van der Waals surface area contributed by atoms with E-state index >= 15 is 0 Å². The van der Waals surface area contributed by atoms with Crippen LogP contribution in [0.1, 0.15) is 41.8 Å². The van der Waals surface area contributed by atoms with Crippen LogP contribution in [0, 0.1) is 12.8 Å². The van der Waals surface area contributed by atoms with Crippen molar-refractivity contribution in [2.45, 2.75) is 44.8 Å². The second kappa shape index (κ2) is 9.80. The van der Waals surface area contributed by atoms with E-state index in [1.165, 1.54) is 18.5 Å². The van der Waals surface area contributed by atoms with Gasteiger partial charge >= 0.3 is 0 Å². The molecule has 3 saturated heterocycles. The van der Waals surface area contributed by atoms with E-state index < -0.39 is 0 Å². The zero-order valence-corrected chi connectivity index (χ0v) is 20.2. The summed E-state index contributed by atoms with van der Waals surface area (Å²) in [5.74, 6) is 3.97. The number of rotatable bonds is 8. The number of aromatic nitrogens is 2. The standard InChI is InChI=1S/C29H32N4O2/c1-21-30-28(22-7-3-2-4-8-22)16-29(31-21)27-20-33-12-11-23(27)15-24(33)17-32(18-25-9-5-13-34-25)19-26-10-6-14-35-26/h2-10,13-14,16,23-24,27H,11-12,15,17-20H2,1H3/t23-,24+,27+/m0/s1.